The van der Waals surface area contributed by atoms with Gasteiger partial charge >= 0.3 is 0 Å². The van der Waals surface area contributed by atoms with Crippen molar-refractivity contribution in [2.75, 3.05) is 7.11 Å². The molecule has 0 amide bonds. The van der Waals surface area contributed by atoms with Gasteiger partial charge in [0.05, 0.1) is 23.8 Å². The first-order valence-electron chi connectivity index (χ1n) is 12.8. The Kier molecular flexibility index (Phi) is 5.72. The van der Waals surface area contributed by atoms with Crippen LogP contribution in [0.4, 0.5) is 0 Å². The number of ether oxygens (including phenoxy) is 1. The quantitative estimate of drug-likeness (QED) is 0.248. The largest absolute Gasteiger partial charge is 0.497 e. The predicted molar refractivity (Wildman–Crippen MR) is 155 cm³/mol. The number of fused-ring (bicyclic) bond motifs is 3. The molecule has 0 unspecified atom stereocenters. The third-order valence-corrected chi connectivity index (χ3v) is 7.53. The molecule has 0 saturated heterocycles. The second-order valence-electron chi connectivity index (χ2n) is 9.99. The van der Waals surface area contributed by atoms with Crippen molar-refractivity contribution in [3.63, 3.8) is 0 Å². The standard InChI is InChI=1S/C33H30N4O/c1-19-10-9-11-20(2)29(19)32-34-18-35-33(36-32)30-21(3)16-22(4)31(23(30)5)37-27-13-8-7-12-25(27)26-17-24(38-6)14-15-28(26)37/h7-18H,1-6H3. The summed E-state index contributed by atoms with van der Waals surface area (Å²) >= 11 is 0. The van der Waals surface area contributed by atoms with E-state index in [-0.39, 0.29) is 0 Å². The van der Waals surface area contributed by atoms with Gasteiger partial charge in [-0.3, -0.25) is 0 Å². The molecule has 6 rings (SSSR count). The smallest absolute Gasteiger partial charge is 0.163 e. The molecule has 2 aromatic heterocycles. The number of hydrogen-bond acceptors (Lipinski definition) is 4. The first-order valence-corrected chi connectivity index (χ1v) is 12.8. The van der Waals surface area contributed by atoms with Gasteiger partial charge in [-0.1, -0.05) is 42.5 Å². The molecule has 38 heavy (non-hydrogen) atoms. The van der Waals surface area contributed by atoms with Crippen LogP contribution in [-0.2, 0) is 0 Å². The van der Waals surface area contributed by atoms with Gasteiger partial charge in [0, 0.05) is 21.9 Å². The monoisotopic (exact) mass is 498 g/mol. The first-order chi connectivity index (χ1) is 18.4. The number of nitrogens with zero attached hydrogens (tertiary/aromatic N) is 4. The molecule has 0 spiro atoms. The summed E-state index contributed by atoms with van der Waals surface area (Å²) in [6.07, 6.45) is 1.63. The molecule has 5 heteroatoms. The van der Waals surface area contributed by atoms with Crippen molar-refractivity contribution in [2.45, 2.75) is 34.6 Å². The highest BCUT2D eigenvalue weighted by Crippen LogP contribution is 2.39. The minimum Gasteiger partial charge on any atom is -0.497 e. The SMILES string of the molecule is COc1ccc2c(c1)c1ccccc1n2-c1c(C)cc(C)c(-c2ncnc(-c3c(C)cccc3C)n2)c1C. The predicted octanol–water partition coefficient (Wildman–Crippen LogP) is 7.85. The van der Waals surface area contributed by atoms with Gasteiger partial charge in [0.2, 0.25) is 0 Å². The molecule has 0 radical (unpaired) electrons. The second kappa shape index (κ2) is 9.10. The van der Waals surface area contributed by atoms with E-state index in [9.17, 15) is 0 Å². The molecule has 0 saturated carbocycles. The zero-order valence-corrected chi connectivity index (χ0v) is 22.6. The van der Waals surface area contributed by atoms with E-state index in [2.05, 4.69) is 110 Å². The van der Waals surface area contributed by atoms with E-state index >= 15 is 0 Å². The lowest BCUT2D eigenvalue weighted by Crippen LogP contribution is -2.06. The maximum Gasteiger partial charge on any atom is 0.163 e. The van der Waals surface area contributed by atoms with Crippen LogP contribution < -0.4 is 4.74 Å². The summed E-state index contributed by atoms with van der Waals surface area (Å²) in [4.78, 5) is 14.2. The van der Waals surface area contributed by atoms with Gasteiger partial charge in [0.15, 0.2) is 11.6 Å². The minimum absolute atomic E-state index is 0.691. The van der Waals surface area contributed by atoms with E-state index in [4.69, 9.17) is 9.72 Å². The Hall–Kier alpha value is -4.51. The van der Waals surface area contributed by atoms with Crippen LogP contribution in [0.3, 0.4) is 0 Å². The Morgan fingerprint density at radius 1 is 0.632 bits per heavy atom. The second-order valence-corrected chi connectivity index (χ2v) is 9.99. The molecule has 188 valence electrons. The fourth-order valence-electron chi connectivity index (χ4n) is 5.89. The van der Waals surface area contributed by atoms with Crippen molar-refractivity contribution in [1.29, 1.82) is 0 Å². The zero-order chi connectivity index (χ0) is 26.6. The van der Waals surface area contributed by atoms with Crippen LogP contribution in [0.25, 0.3) is 50.3 Å². The Bertz CT molecular complexity index is 1850. The van der Waals surface area contributed by atoms with E-state index < -0.39 is 0 Å². The molecule has 0 fully saturated rings. The number of rotatable bonds is 4. The minimum atomic E-state index is 0.691. The van der Waals surface area contributed by atoms with Crippen LogP contribution in [0.1, 0.15) is 27.8 Å². The fourth-order valence-corrected chi connectivity index (χ4v) is 5.89. The zero-order valence-electron chi connectivity index (χ0n) is 22.6. The normalized spacial score (nSPS) is 11.4. The summed E-state index contributed by atoms with van der Waals surface area (Å²) in [5.74, 6) is 2.24. The lowest BCUT2D eigenvalue weighted by atomic mass is 9.96. The number of aryl methyl sites for hydroxylation is 4. The molecule has 0 N–H and O–H groups in total. The van der Waals surface area contributed by atoms with E-state index in [0.29, 0.717) is 11.6 Å². The van der Waals surface area contributed by atoms with E-state index in [1.165, 1.54) is 16.3 Å². The third-order valence-electron chi connectivity index (χ3n) is 7.53. The van der Waals surface area contributed by atoms with Gasteiger partial charge in [0.1, 0.15) is 12.1 Å². The fraction of sp³-hybridized carbons (Fsp3) is 0.182. The molecular formula is C33H30N4O. The van der Waals surface area contributed by atoms with E-state index in [1.54, 1.807) is 13.4 Å². The maximum atomic E-state index is 5.56. The molecule has 2 heterocycles. The highest BCUT2D eigenvalue weighted by Gasteiger charge is 2.21. The molecule has 0 atom stereocenters. The lowest BCUT2D eigenvalue weighted by molar-refractivity contribution is 0.415. The van der Waals surface area contributed by atoms with Gasteiger partial charge < -0.3 is 9.30 Å². The number of benzene rings is 4. The third kappa shape index (κ3) is 3.66. The number of aromatic nitrogens is 4. The summed E-state index contributed by atoms with van der Waals surface area (Å²) in [5.41, 5.74) is 11.3. The Morgan fingerprint density at radius 3 is 2.05 bits per heavy atom. The van der Waals surface area contributed by atoms with Crippen molar-refractivity contribution in [3.8, 4) is 34.2 Å². The van der Waals surface area contributed by atoms with Crippen molar-refractivity contribution in [1.82, 2.24) is 19.5 Å². The van der Waals surface area contributed by atoms with Crippen molar-refractivity contribution < 1.29 is 4.74 Å². The molecule has 0 bridgehead atoms. The Labute approximate surface area is 222 Å². The number of methoxy groups -OCH3 is 1. The molecule has 4 aromatic carbocycles. The highest BCUT2D eigenvalue weighted by atomic mass is 16.5. The topological polar surface area (TPSA) is 52.8 Å². The van der Waals surface area contributed by atoms with Crippen LogP contribution in [0.15, 0.2) is 73.1 Å². The summed E-state index contributed by atoms with van der Waals surface area (Å²) in [6.45, 7) is 10.7. The van der Waals surface area contributed by atoms with Crippen molar-refractivity contribution in [3.05, 3.63) is 101 Å². The number of para-hydroxylation sites is 1. The van der Waals surface area contributed by atoms with Gasteiger partial charge in [0.25, 0.3) is 0 Å². The average molecular weight is 499 g/mol. The van der Waals surface area contributed by atoms with Crippen LogP contribution in [-0.4, -0.2) is 26.6 Å². The van der Waals surface area contributed by atoms with Crippen LogP contribution in [0, 0.1) is 34.6 Å². The number of hydrogen-bond donors (Lipinski definition) is 0. The van der Waals surface area contributed by atoms with Crippen LogP contribution in [0.5, 0.6) is 5.75 Å². The molecule has 6 aromatic rings. The summed E-state index contributed by atoms with van der Waals surface area (Å²) in [7, 11) is 1.71. The molecule has 5 nitrogen and oxygen atoms in total. The summed E-state index contributed by atoms with van der Waals surface area (Å²) in [6, 6.07) is 23.3. The van der Waals surface area contributed by atoms with E-state index in [0.717, 1.165) is 55.9 Å². The van der Waals surface area contributed by atoms with Gasteiger partial charge in [-0.2, -0.15) is 0 Å². The molecule has 0 aliphatic rings. The summed E-state index contributed by atoms with van der Waals surface area (Å²) < 4.78 is 7.93. The Balaban J connectivity index is 1.63. The van der Waals surface area contributed by atoms with Gasteiger partial charge in [-0.05, 0) is 86.7 Å². The molecular weight excluding hydrogens is 468 g/mol. The van der Waals surface area contributed by atoms with Crippen LogP contribution >= 0.6 is 0 Å². The Morgan fingerprint density at radius 2 is 1.32 bits per heavy atom. The molecule has 0 aliphatic carbocycles. The van der Waals surface area contributed by atoms with Crippen LogP contribution in [0.2, 0.25) is 0 Å². The van der Waals surface area contributed by atoms with Gasteiger partial charge in [-0.15, -0.1) is 0 Å². The van der Waals surface area contributed by atoms with Gasteiger partial charge in [-0.25, -0.2) is 15.0 Å². The lowest BCUT2D eigenvalue weighted by Gasteiger charge is -2.20. The summed E-state index contributed by atoms with van der Waals surface area (Å²) in [5, 5.41) is 2.36. The first kappa shape index (κ1) is 23.9. The molecule has 0 aliphatic heterocycles. The van der Waals surface area contributed by atoms with E-state index in [1.807, 2.05) is 6.07 Å². The van der Waals surface area contributed by atoms with Crippen molar-refractivity contribution in [2.24, 2.45) is 0 Å². The average Bonchev–Trinajstić information content (AvgIpc) is 3.22. The highest BCUT2D eigenvalue weighted by molar-refractivity contribution is 6.10. The van der Waals surface area contributed by atoms with Crippen molar-refractivity contribution >= 4 is 21.8 Å². The maximum absolute atomic E-state index is 5.56.